The Kier molecular flexibility index (Phi) is 5.90. The Morgan fingerprint density at radius 2 is 0.848 bits per heavy atom. The monoisotopic (exact) mass is 592 g/mol. The summed E-state index contributed by atoms with van der Waals surface area (Å²) in [6.45, 7) is 4.31. The molecule has 0 aliphatic heterocycles. The number of fused-ring (bicyclic) bond motifs is 4. The number of hydrogen-bond acceptors (Lipinski definition) is 4. The lowest BCUT2D eigenvalue weighted by Gasteiger charge is -2.12. The lowest BCUT2D eigenvalue weighted by atomic mass is 9.93. The number of aromatic nitrogens is 2. The van der Waals surface area contributed by atoms with E-state index in [0.29, 0.717) is 11.8 Å². The van der Waals surface area contributed by atoms with E-state index >= 15 is 0 Å². The number of aryl methyl sites for hydroxylation is 2. The van der Waals surface area contributed by atoms with Crippen LogP contribution in [0.2, 0.25) is 0 Å². The van der Waals surface area contributed by atoms with Gasteiger partial charge in [-0.05, 0) is 94.0 Å². The molecule has 0 radical (unpaired) electrons. The fourth-order valence-corrected chi connectivity index (χ4v) is 6.73. The van der Waals surface area contributed by atoms with Crippen LogP contribution >= 0.6 is 0 Å². The van der Waals surface area contributed by atoms with Crippen molar-refractivity contribution in [1.82, 2.24) is 9.97 Å². The van der Waals surface area contributed by atoms with E-state index in [1.807, 2.05) is 60.7 Å². The highest BCUT2D eigenvalue weighted by Gasteiger charge is 2.18. The molecule has 7 aromatic carbocycles. The highest BCUT2D eigenvalue weighted by atomic mass is 16.4. The van der Waals surface area contributed by atoms with Gasteiger partial charge >= 0.3 is 0 Å². The van der Waals surface area contributed by atoms with Crippen molar-refractivity contribution >= 4 is 43.7 Å². The van der Waals surface area contributed by atoms with Gasteiger partial charge in [0.15, 0.2) is 11.2 Å². The first kappa shape index (κ1) is 26.4. The molecule has 0 aliphatic rings. The van der Waals surface area contributed by atoms with Gasteiger partial charge in [-0.15, -0.1) is 0 Å². The maximum absolute atomic E-state index is 6.47. The van der Waals surface area contributed by atoms with E-state index in [0.717, 1.165) is 66.7 Å². The maximum Gasteiger partial charge on any atom is 0.227 e. The first-order chi connectivity index (χ1) is 22.6. The summed E-state index contributed by atoms with van der Waals surface area (Å²) in [5, 5.41) is 4.69. The average molecular weight is 593 g/mol. The van der Waals surface area contributed by atoms with Gasteiger partial charge in [-0.2, -0.15) is 0 Å². The van der Waals surface area contributed by atoms with E-state index in [9.17, 15) is 0 Å². The summed E-state index contributed by atoms with van der Waals surface area (Å²) in [5.74, 6) is 1.27. The molecular weight excluding hydrogens is 564 g/mol. The third kappa shape index (κ3) is 4.15. The predicted molar refractivity (Wildman–Crippen MR) is 188 cm³/mol. The quantitative estimate of drug-likeness (QED) is 0.191. The molecular formula is C42H28N2O2. The van der Waals surface area contributed by atoms with E-state index in [2.05, 4.69) is 86.6 Å². The van der Waals surface area contributed by atoms with Gasteiger partial charge in [-0.1, -0.05) is 97.1 Å². The van der Waals surface area contributed by atoms with E-state index in [1.165, 1.54) is 21.5 Å². The molecule has 2 aromatic heterocycles. The first-order valence-electron chi connectivity index (χ1n) is 15.5. The molecule has 0 unspecified atom stereocenters. The molecule has 0 bridgehead atoms. The number of rotatable bonds is 4. The lowest BCUT2D eigenvalue weighted by molar-refractivity contribution is 0.620. The zero-order chi connectivity index (χ0) is 30.8. The molecule has 0 saturated heterocycles. The van der Waals surface area contributed by atoms with Crippen LogP contribution in [-0.2, 0) is 0 Å². The van der Waals surface area contributed by atoms with Gasteiger partial charge in [-0.3, -0.25) is 0 Å². The van der Waals surface area contributed by atoms with Crippen LogP contribution in [0.25, 0.3) is 88.9 Å². The smallest absolute Gasteiger partial charge is 0.227 e. The van der Waals surface area contributed by atoms with Crippen LogP contribution in [0.5, 0.6) is 0 Å². The largest absolute Gasteiger partial charge is 0.435 e. The highest BCUT2D eigenvalue weighted by Crippen LogP contribution is 2.39. The normalized spacial score (nSPS) is 11.7. The molecule has 0 N–H and O–H groups in total. The van der Waals surface area contributed by atoms with Crippen molar-refractivity contribution < 1.29 is 8.83 Å². The van der Waals surface area contributed by atoms with Crippen molar-refractivity contribution in [3.8, 4) is 45.2 Å². The predicted octanol–water partition coefficient (Wildman–Crippen LogP) is 11.6. The van der Waals surface area contributed by atoms with Gasteiger partial charge in [0.05, 0.1) is 0 Å². The van der Waals surface area contributed by atoms with Crippen molar-refractivity contribution in [2.24, 2.45) is 0 Å². The Morgan fingerprint density at radius 3 is 1.28 bits per heavy atom. The number of benzene rings is 7. The summed E-state index contributed by atoms with van der Waals surface area (Å²) in [6, 6.07) is 46.0. The Bertz CT molecular complexity index is 2410. The number of para-hydroxylation sites is 2. The molecule has 0 amide bonds. The van der Waals surface area contributed by atoms with Gasteiger partial charge in [0, 0.05) is 22.3 Å². The Morgan fingerprint density at radius 1 is 0.413 bits per heavy atom. The molecule has 2 heterocycles. The SMILES string of the molecule is Cc1c(-c2nc3cccc(-c4ccccc4)c3o2)ccc2cc3c(C)c(-c4nc5cccc(-c6ccccc6)c5o4)ccc3cc12. The standard InChI is InChI=1S/C42H28N2O2/c1-25-31(41-43-37-17-9-15-33(39(37)45-41)27-11-5-3-6-12-27)21-19-29-24-36-26(2)32(22-20-30(36)23-35(25)29)42-44-38-18-10-16-34(40(38)46-42)28-13-7-4-8-14-28/h3-24H,1-2H3. The van der Waals surface area contributed by atoms with Crippen LogP contribution in [0.15, 0.2) is 142 Å². The molecule has 9 rings (SSSR count). The fraction of sp³-hybridized carbons (Fsp3) is 0.0476. The van der Waals surface area contributed by atoms with Crippen LogP contribution in [0.1, 0.15) is 11.1 Å². The second-order valence-electron chi connectivity index (χ2n) is 11.8. The van der Waals surface area contributed by atoms with Crippen molar-refractivity contribution in [1.29, 1.82) is 0 Å². The Labute approximate surface area is 265 Å². The summed E-state index contributed by atoms with van der Waals surface area (Å²) in [4.78, 5) is 9.84. The van der Waals surface area contributed by atoms with Gasteiger partial charge in [-0.25, -0.2) is 9.97 Å². The summed E-state index contributed by atoms with van der Waals surface area (Å²) >= 11 is 0. The van der Waals surface area contributed by atoms with Crippen molar-refractivity contribution in [2.75, 3.05) is 0 Å². The molecule has 4 nitrogen and oxygen atoms in total. The zero-order valence-corrected chi connectivity index (χ0v) is 25.4. The third-order valence-corrected chi connectivity index (χ3v) is 9.16. The molecule has 0 fully saturated rings. The third-order valence-electron chi connectivity index (χ3n) is 9.16. The van der Waals surface area contributed by atoms with E-state index in [1.54, 1.807) is 0 Å². The van der Waals surface area contributed by atoms with E-state index in [-0.39, 0.29) is 0 Å². The van der Waals surface area contributed by atoms with Crippen LogP contribution < -0.4 is 0 Å². The molecule has 46 heavy (non-hydrogen) atoms. The first-order valence-corrected chi connectivity index (χ1v) is 15.5. The summed E-state index contributed by atoms with van der Waals surface area (Å²) < 4.78 is 12.9. The molecule has 9 aromatic rings. The van der Waals surface area contributed by atoms with Gasteiger partial charge in [0.1, 0.15) is 11.0 Å². The molecule has 0 spiro atoms. The van der Waals surface area contributed by atoms with E-state index < -0.39 is 0 Å². The average Bonchev–Trinajstić information content (AvgIpc) is 3.74. The maximum atomic E-state index is 6.47. The molecule has 0 atom stereocenters. The molecule has 0 aliphatic carbocycles. The fourth-order valence-electron chi connectivity index (χ4n) is 6.73. The molecule has 218 valence electrons. The Hall–Kier alpha value is -6.00. The minimum atomic E-state index is 0.634. The number of nitrogens with zero attached hydrogens (tertiary/aromatic N) is 2. The van der Waals surface area contributed by atoms with Crippen LogP contribution in [0.4, 0.5) is 0 Å². The molecule has 0 saturated carbocycles. The number of hydrogen-bond donors (Lipinski definition) is 0. The minimum Gasteiger partial charge on any atom is -0.435 e. The second-order valence-corrected chi connectivity index (χ2v) is 11.8. The van der Waals surface area contributed by atoms with Crippen molar-refractivity contribution in [3.05, 3.63) is 145 Å². The number of oxazole rings is 2. The van der Waals surface area contributed by atoms with Gasteiger partial charge in [0.25, 0.3) is 0 Å². The second kappa shape index (κ2) is 10.3. The van der Waals surface area contributed by atoms with Crippen LogP contribution in [0.3, 0.4) is 0 Å². The van der Waals surface area contributed by atoms with Gasteiger partial charge < -0.3 is 8.83 Å². The summed E-state index contributed by atoms with van der Waals surface area (Å²) in [5.41, 5.74) is 11.9. The summed E-state index contributed by atoms with van der Waals surface area (Å²) in [7, 11) is 0. The summed E-state index contributed by atoms with van der Waals surface area (Å²) in [6.07, 6.45) is 0. The van der Waals surface area contributed by atoms with Crippen molar-refractivity contribution in [2.45, 2.75) is 13.8 Å². The van der Waals surface area contributed by atoms with Gasteiger partial charge in [0.2, 0.25) is 11.8 Å². The zero-order valence-electron chi connectivity index (χ0n) is 25.4. The van der Waals surface area contributed by atoms with Crippen molar-refractivity contribution in [3.63, 3.8) is 0 Å². The van der Waals surface area contributed by atoms with Crippen LogP contribution in [0, 0.1) is 13.8 Å². The van der Waals surface area contributed by atoms with E-state index in [4.69, 9.17) is 18.8 Å². The topological polar surface area (TPSA) is 52.1 Å². The lowest BCUT2D eigenvalue weighted by Crippen LogP contribution is -1.90. The Balaban J connectivity index is 1.14. The minimum absolute atomic E-state index is 0.634. The van der Waals surface area contributed by atoms with Crippen LogP contribution in [-0.4, -0.2) is 9.97 Å². The molecule has 4 heteroatoms. The highest BCUT2D eigenvalue weighted by molar-refractivity contribution is 6.04.